The second kappa shape index (κ2) is 5.52. The van der Waals surface area contributed by atoms with E-state index in [9.17, 15) is 4.79 Å². The van der Waals surface area contributed by atoms with Crippen LogP contribution in [0.15, 0.2) is 35.5 Å². The fourth-order valence-corrected chi connectivity index (χ4v) is 1.42. The van der Waals surface area contributed by atoms with Crippen molar-refractivity contribution in [3.63, 3.8) is 0 Å². The average Bonchev–Trinajstić information content (AvgIpc) is 2.17. The van der Waals surface area contributed by atoms with Gasteiger partial charge in [0.1, 0.15) is 6.29 Å². The molecule has 1 aliphatic carbocycles. The lowest BCUT2D eigenvalue weighted by Crippen LogP contribution is -1.88. The largest absolute Gasteiger partial charge is 0.299 e. The van der Waals surface area contributed by atoms with Crippen LogP contribution in [0.25, 0.3) is 0 Å². The van der Waals surface area contributed by atoms with Crippen LogP contribution in [0.3, 0.4) is 0 Å². The zero-order chi connectivity index (χ0) is 9.52. The minimum Gasteiger partial charge on any atom is -0.299 e. The van der Waals surface area contributed by atoms with Crippen LogP contribution in [-0.2, 0) is 4.79 Å². The van der Waals surface area contributed by atoms with Gasteiger partial charge >= 0.3 is 0 Å². The Labute approximate surface area is 79.8 Å². The van der Waals surface area contributed by atoms with E-state index in [2.05, 4.69) is 12.2 Å². The molecule has 0 bridgehead atoms. The van der Waals surface area contributed by atoms with Gasteiger partial charge in [-0.05, 0) is 44.3 Å². The Hall–Kier alpha value is -1.11. The van der Waals surface area contributed by atoms with Crippen LogP contribution in [0.1, 0.15) is 32.6 Å². The van der Waals surface area contributed by atoms with Gasteiger partial charge in [-0.25, -0.2) is 0 Å². The van der Waals surface area contributed by atoms with E-state index in [0.717, 1.165) is 11.9 Å². The zero-order valence-corrected chi connectivity index (χ0v) is 8.12. The van der Waals surface area contributed by atoms with Crippen LogP contribution in [0.2, 0.25) is 0 Å². The van der Waals surface area contributed by atoms with E-state index in [1.807, 2.05) is 13.0 Å². The Bertz CT molecular complexity index is 256. The SMILES string of the molecule is CC(=C/C=O)/C=C/C1=CCCCC1. The molecule has 0 spiro atoms. The molecule has 1 nitrogen and oxygen atoms in total. The number of allylic oxidation sites excluding steroid dienone is 6. The first-order valence-corrected chi connectivity index (χ1v) is 4.82. The van der Waals surface area contributed by atoms with Crippen molar-refractivity contribution >= 4 is 6.29 Å². The summed E-state index contributed by atoms with van der Waals surface area (Å²) in [7, 11) is 0. The lowest BCUT2D eigenvalue weighted by atomic mass is 9.99. The molecular formula is C12H16O. The molecule has 0 atom stereocenters. The van der Waals surface area contributed by atoms with Crippen molar-refractivity contribution in [3.8, 4) is 0 Å². The Kier molecular flexibility index (Phi) is 4.24. The first-order valence-electron chi connectivity index (χ1n) is 4.82. The highest BCUT2D eigenvalue weighted by Gasteiger charge is 1.98. The summed E-state index contributed by atoms with van der Waals surface area (Å²) in [6.07, 6.45) is 13.8. The third-order valence-electron chi connectivity index (χ3n) is 2.22. The molecule has 1 heteroatoms. The van der Waals surface area contributed by atoms with Crippen LogP contribution in [0.4, 0.5) is 0 Å². The summed E-state index contributed by atoms with van der Waals surface area (Å²) in [6.45, 7) is 1.94. The minimum atomic E-state index is 0.828. The third-order valence-corrected chi connectivity index (χ3v) is 2.22. The molecule has 0 aliphatic heterocycles. The maximum absolute atomic E-state index is 10.1. The van der Waals surface area contributed by atoms with Crippen molar-refractivity contribution in [2.75, 3.05) is 0 Å². The smallest absolute Gasteiger partial charge is 0.143 e. The molecule has 0 aromatic heterocycles. The quantitative estimate of drug-likeness (QED) is 0.366. The summed E-state index contributed by atoms with van der Waals surface area (Å²) < 4.78 is 0. The number of carbonyl (C=O) groups excluding carboxylic acids is 1. The summed E-state index contributed by atoms with van der Waals surface area (Å²) in [5.41, 5.74) is 2.42. The standard InChI is InChI=1S/C12H16O/c1-11(9-10-13)7-8-12-5-3-2-4-6-12/h5,7-10H,2-4,6H2,1H3/b8-7+,11-9-. The minimum absolute atomic E-state index is 0.828. The van der Waals surface area contributed by atoms with Crippen LogP contribution >= 0.6 is 0 Å². The molecule has 0 amide bonds. The summed E-state index contributed by atoms with van der Waals surface area (Å²) in [6, 6.07) is 0. The van der Waals surface area contributed by atoms with Gasteiger partial charge in [-0.15, -0.1) is 0 Å². The van der Waals surface area contributed by atoms with Gasteiger partial charge in [0.15, 0.2) is 0 Å². The van der Waals surface area contributed by atoms with Crippen molar-refractivity contribution in [2.45, 2.75) is 32.6 Å². The molecule has 0 saturated carbocycles. The second-order valence-corrected chi connectivity index (χ2v) is 3.40. The van der Waals surface area contributed by atoms with E-state index in [1.54, 1.807) is 6.08 Å². The highest BCUT2D eigenvalue weighted by molar-refractivity contribution is 5.67. The molecule has 0 radical (unpaired) electrons. The van der Waals surface area contributed by atoms with Crippen molar-refractivity contribution in [3.05, 3.63) is 35.5 Å². The van der Waals surface area contributed by atoms with Gasteiger partial charge in [-0.3, -0.25) is 4.79 Å². The lowest BCUT2D eigenvalue weighted by Gasteiger charge is -2.07. The molecule has 1 aliphatic rings. The molecule has 0 heterocycles. The van der Waals surface area contributed by atoms with Crippen molar-refractivity contribution in [2.24, 2.45) is 0 Å². The predicted octanol–water partition coefficient (Wildman–Crippen LogP) is 3.19. The number of aldehydes is 1. The van der Waals surface area contributed by atoms with Crippen molar-refractivity contribution in [1.82, 2.24) is 0 Å². The predicted molar refractivity (Wildman–Crippen MR) is 55.5 cm³/mol. The molecule has 1 rings (SSSR count). The first kappa shape index (κ1) is 9.97. The van der Waals surface area contributed by atoms with Gasteiger partial charge < -0.3 is 0 Å². The fourth-order valence-electron chi connectivity index (χ4n) is 1.42. The van der Waals surface area contributed by atoms with E-state index in [0.29, 0.717) is 0 Å². The summed E-state index contributed by atoms with van der Waals surface area (Å²) in [4.78, 5) is 10.1. The molecule has 0 N–H and O–H groups in total. The van der Waals surface area contributed by atoms with Gasteiger partial charge in [0.2, 0.25) is 0 Å². The maximum Gasteiger partial charge on any atom is 0.143 e. The average molecular weight is 176 g/mol. The van der Waals surface area contributed by atoms with E-state index in [4.69, 9.17) is 0 Å². The lowest BCUT2D eigenvalue weighted by molar-refractivity contribution is -0.104. The normalized spacial score (nSPS) is 18.8. The molecule has 70 valence electrons. The van der Waals surface area contributed by atoms with Crippen LogP contribution < -0.4 is 0 Å². The number of hydrogen-bond acceptors (Lipinski definition) is 1. The van der Waals surface area contributed by atoms with Crippen LogP contribution in [-0.4, -0.2) is 6.29 Å². The molecule has 0 unspecified atom stereocenters. The zero-order valence-electron chi connectivity index (χ0n) is 8.12. The molecule has 13 heavy (non-hydrogen) atoms. The molecule has 0 aromatic rings. The number of rotatable bonds is 3. The molecule has 0 aromatic carbocycles. The van der Waals surface area contributed by atoms with Gasteiger partial charge in [0.25, 0.3) is 0 Å². The Balaban J connectivity index is 2.51. The molecule has 0 saturated heterocycles. The summed E-state index contributed by atoms with van der Waals surface area (Å²) in [5, 5.41) is 0. The number of hydrogen-bond donors (Lipinski definition) is 0. The Morgan fingerprint density at radius 2 is 2.31 bits per heavy atom. The summed E-state index contributed by atoms with van der Waals surface area (Å²) >= 11 is 0. The second-order valence-electron chi connectivity index (χ2n) is 3.40. The third kappa shape index (κ3) is 3.88. The topological polar surface area (TPSA) is 17.1 Å². The van der Waals surface area contributed by atoms with Crippen molar-refractivity contribution in [1.29, 1.82) is 0 Å². The molecular weight excluding hydrogens is 160 g/mol. The highest BCUT2D eigenvalue weighted by Crippen LogP contribution is 2.18. The van der Waals surface area contributed by atoms with E-state index in [-0.39, 0.29) is 0 Å². The highest BCUT2D eigenvalue weighted by atomic mass is 16.1. The molecule has 0 fully saturated rings. The van der Waals surface area contributed by atoms with Crippen molar-refractivity contribution < 1.29 is 4.79 Å². The summed E-state index contributed by atoms with van der Waals surface area (Å²) in [5.74, 6) is 0. The van der Waals surface area contributed by atoms with E-state index in [1.165, 1.54) is 31.3 Å². The fraction of sp³-hybridized carbons (Fsp3) is 0.417. The van der Waals surface area contributed by atoms with E-state index < -0.39 is 0 Å². The van der Waals surface area contributed by atoms with Crippen LogP contribution in [0, 0.1) is 0 Å². The van der Waals surface area contributed by atoms with Crippen LogP contribution in [0.5, 0.6) is 0 Å². The monoisotopic (exact) mass is 176 g/mol. The van der Waals surface area contributed by atoms with Gasteiger partial charge in [0, 0.05) is 0 Å². The van der Waals surface area contributed by atoms with Gasteiger partial charge in [-0.2, -0.15) is 0 Å². The Morgan fingerprint density at radius 3 is 2.92 bits per heavy atom. The van der Waals surface area contributed by atoms with E-state index >= 15 is 0 Å². The Morgan fingerprint density at radius 1 is 1.46 bits per heavy atom. The van der Waals surface area contributed by atoms with Gasteiger partial charge in [0.05, 0.1) is 0 Å². The number of carbonyl (C=O) groups is 1. The maximum atomic E-state index is 10.1. The first-order chi connectivity index (χ1) is 6.33. The van der Waals surface area contributed by atoms with Gasteiger partial charge in [-0.1, -0.05) is 23.8 Å².